The van der Waals surface area contributed by atoms with Crippen LogP contribution in [0.15, 0.2) is 11.6 Å². The van der Waals surface area contributed by atoms with Crippen molar-refractivity contribution in [2.75, 3.05) is 6.61 Å². The molecule has 8 heteroatoms. The molecule has 0 amide bonds. The van der Waals surface area contributed by atoms with Gasteiger partial charge >= 0.3 is 11.9 Å². The minimum Gasteiger partial charge on any atom is -0.457 e. The van der Waals surface area contributed by atoms with E-state index < -0.39 is 75.7 Å². The van der Waals surface area contributed by atoms with Crippen LogP contribution in [-0.4, -0.2) is 52.2 Å². The Kier molecular flexibility index (Phi) is 7.18. The Balaban J connectivity index is 1.83. The monoisotopic (exact) mass is 526 g/mol. The van der Waals surface area contributed by atoms with Gasteiger partial charge in [-0.25, -0.2) is 4.39 Å². The van der Waals surface area contributed by atoms with E-state index in [-0.39, 0.29) is 19.3 Å². The van der Waals surface area contributed by atoms with E-state index in [9.17, 15) is 19.5 Å². The van der Waals surface area contributed by atoms with Crippen LogP contribution in [0.2, 0.25) is 0 Å². The molecule has 0 saturated heterocycles. The molecule has 202 valence electrons. The maximum Gasteiger partial charge on any atom is 0.306 e. The van der Waals surface area contributed by atoms with E-state index in [0.717, 1.165) is 18.4 Å². The van der Waals surface area contributed by atoms with Gasteiger partial charge in [0.1, 0.15) is 5.67 Å². The van der Waals surface area contributed by atoms with Crippen LogP contribution in [0, 0.1) is 28.6 Å². The fourth-order valence-corrected chi connectivity index (χ4v) is 9.01. The molecule has 36 heavy (non-hydrogen) atoms. The van der Waals surface area contributed by atoms with Crippen LogP contribution in [-0.2, 0) is 23.9 Å². The fraction of sp³-hybridized carbons (Fsp3) is 0.821. The van der Waals surface area contributed by atoms with Crippen molar-refractivity contribution in [2.24, 2.45) is 28.6 Å². The molecule has 4 aliphatic carbocycles. The highest BCUT2D eigenvalue weighted by atomic mass is 35.5. The molecule has 9 atom stereocenters. The van der Waals surface area contributed by atoms with Gasteiger partial charge in [-0.2, -0.15) is 0 Å². The van der Waals surface area contributed by atoms with Crippen LogP contribution in [0.3, 0.4) is 0 Å². The van der Waals surface area contributed by atoms with Gasteiger partial charge in [0.15, 0.2) is 12.2 Å². The first-order valence-corrected chi connectivity index (χ1v) is 13.9. The number of alkyl halides is 2. The third-order valence-electron chi connectivity index (χ3n) is 10.3. The molecule has 4 aliphatic rings. The first-order chi connectivity index (χ1) is 16.8. The third kappa shape index (κ3) is 3.54. The molecule has 0 aromatic heterocycles. The summed E-state index contributed by atoms with van der Waals surface area (Å²) in [5, 5.41) is 11.1. The van der Waals surface area contributed by atoms with Crippen molar-refractivity contribution in [1.82, 2.24) is 0 Å². The van der Waals surface area contributed by atoms with E-state index in [2.05, 4.69) is 6.08 Å². The lowest BCUT2D eigenvalue weighted by molar-refractivity contribution is -0.234. The highest BCUT2D eigenvalue weighted by Gasteiger charge is 2.78. The Bertz CT molecular complexity index is 968. The highest BCUT2D eigenvalue weighted by Crippen LogP contribution is 2.72. The average molecular weight is 527 g/mol. The van der Waals surface area contributed by atoms with Crippen molar-refractivity contribution in [1.29, 1.82) is 0 Å². The predicted octanol–water partition coefficient (Wildman–Crippen LogP) is 5.08. The maximum absolute atomic E-state index is 17.6. The summed E-state index contributed by atoms with van der Waals surface area (Å²) >= 11 is 6.98. The number of Topliss-reactive ketones (excluding diaryl/α,β-unsaturated/α-hetero) is 1. The average Bonchev–Trinajstić information content (AvgIpc) is 3.05. The SMILES string of the molecule is CCC(=O)OCC(=O)[C@]1(OC(=O)CC)[C@H](C)C[C@H]2[C@@H]3[C@H](Cl)CC4=CCCC[C@]4(C)[C@@]3(F)[C@@H](O)C[C@@]21C. The number of ether oxygens (including phenoxy) is 2. The van der Waals surface area contributed by atoms with Crippen molar-refractivity contribution in [2.45, 2.75) is 109 Å². The largest absolute Gasteiger partial charge is 0.457 e. The summed E-state index contributed by atoms with van der Waals surface area (Å²) < 4.78 is 28.8. The minimum absolute atomic E-state index is 0.0497. The Morgan fingerprint density at radius 1 is 1.19 bits per heavy atom. The van der Waals surface area contributed by atoms with E-state index >= 15 is 4.39 Å². The number of carbonyl (C=O) groups excluding carboxylic acids is 3. The molecule has 0 aliphatic heterocycles. The van der Waals surface area contributed by atoms with Crippen molar-refractivity contribution in [3.63, 3.8) is 0 Å². The van der Waals surface area contributed by atoms with Gasteiger partial charge in [-0.3, -0.25) is 14.4 Å². The van der Waals surface area contributed by atoms with Gasteiger partial charge in [-0.15, -0.1) is 11.6 Å². The molecule has 0 unspecified atom stereocenters. The number of allylic oxidation sites excluding steroid dienone is 2. The van der Waals surface area contributed by atoms with E-state index in [1.54, 1.807) is 13.8 Å². The first-order valence-electron chi connectivity index (χ1n) is 13.4. The van der Waals surface area contributed by atoms with E-state index in [0.29, 0.717) is 19.3 Å². The summed E-state index contributed by atoms with van der Waals surface area (Å²) in [6.45, 7) is 8.31. The number of aliphatic hydroxyl groups excluding tert-OH is 1. The summed E-state index contributed by atoms with van der Waals surface area (Å²) in [5.74, 6) is -3.19. The second-order valence-corrected chi connectivity index (χ2v) is 12.4. The van der Waals surface area contributed by atoms with Crippen molar-refractivity contribution >= 4 is 29.3 Å². The molecule has 3 saturated carbocycles. The van der Waals surface area contributed by atoms with Crippen molar-refractivity contribution in [3.05, 3.63) is 11.6 Å². The molecule has 0 bridgehead atoms. The number of ketones is 1. The smallest absolute Gasteiger partial charge is 0.306 e. The molecule has 3 fully saturated rings. The van der Waals surface area contributed by atoms with Gasteiger partial charge in [0.25, 0.3) is 0 Å². The molecular formula is C28H40ClFO6. The quantitative estimate of drug-likeness (QED) is 0.295. The third-order valence-corrected chi connectivity index (χ3v) is 10.7. The molecule has 0 heterocycles. The van der Waals surface area contributed by atoms with Crippen LogP contribution >= 0.6 is 11.6 Å². The number of aliphatic hydroxyl groups is 1. The lowest BCUT2D eigenvalue weighted by atomic mass is 9.43. The molecule has 0 aromatic rings. The first kappa shape index (κ1) is 27.6. The molecule has 4 rings (SSSR count). The van der Waals surface area contributed by atoms with Crippen LogP contribution in [0.25, 0.3) is 0 Å². The van der Waals surface area contributed by atoms with Gasteiger partial charge in [0.2, 0.25) is 5.78 Å². The Morgan fingerprint density at radius 2 is 1.86 bits per heavy atom. The second-order valence-electron chi connectivity index (χ2n) is 11.8. The summed E-state index contributed by atoms with van der Waals surface area (Å²) in [4.78, 5) is 38.4. The van der Waals surface area contributed by atoms with Crippen LogP contribution < -0.4 is 0 Å². The maximum atomic E-state index is 17.6. The number of hydrogen-bond donors (Lipinski definition) is 1. The second kappa shape index (κ2) is 9.37. The number of fused-ring (bicyclic) bond motifs is 5. The lowest BCUT2D eigenvalue weighted by Gasteiger charge is -2.64. The standard InChI is InChI=1S/C28H40ClFO6/c1-6-22(33)35-15-21(32)28(36-23(34)7-2)16(3)12-18-24-19(29)13-17-10-8-9-11-25(17,4)27(24,30)20(31)14-26(18,28)5/h10,16,18-20,24,31H,6-9,11-15H2,1-5H3/t16-,18+,19-,20+,24-,25+,26+,27-,28-/m1/s1. The predicted molar refractivity (Wildman–Crippen MR) is 133 cm³/mol. The Morgan fingerprint density at radius 3 is 2.50 bits per heavy atom. The van der Waals surface area contributed by atoms with Crippen LogP contribution in [0.1, 0.15) is 86.0 Å². The number of carbonyl (C=O) groups is 3. The lowest BCUT2D eigenvalue weighted by Crippen LogP contribution is -2.72. The van der Waals surface area contributed by atoms with Gasteiger partial charge in [-0.05, 0) is 44.4 Å². The molecular weight excluding hydrogens is 487 g/mol. The molecule has 0 aromatic carbocycles. The van der Waals surface area contributed by atoms with E-state index in [1.165, 1.54) is 0 Å². The summed E-state index contributed by atoms with van der Waals surface area (Å²) in [6, 6.07) is 0. The van der Waals surface area contributed by atoms with Gasteiger partial charge < -0.3 is 14.6 Å². The van der Waals surface area contributed by atoms with Gasteiger partial charge in [-0.1, -0.05) is 46.3 Å². The van der Waals surface area contributed by atoms with Crippen LogP contribution in [0.4, 0.5) is 4.39 Å². The number of esters is 2. The van der Waals surface area contributed by atoms with E-state index in [4.69, 9.17) is 21.1 Å². The highest BCUT2D eigenvalue weighted by molar-refractivity contribution is 6.21. The van der Waals surface area contributed by atoms with Crippen molar-refractivity contribution < 1.29 is 33.4 Å². The molecule has 0 radical (unpaired) electrons. The normalized spacial score (nSPS) is 45.6. The zero-order chi connectivity index (χ0) is 26.7. The zero-order valence-corrected chi connectivity index (χ0v) is 22.8. The fourth-order valence-electron chi connectivity index (χ4n) is 8.48. The minimum atomic E-state index is -1.96. The summed E-state index contributed by atoms with van der Waals surface area (Å²) in [6.07, 6.45) is 4.12. The molecule has 0 spiro atoms. The topological polar surface area (TPSA) is 89.9 Å². The number of rotatable bonds is 6. The number of hydrogen-bond acceptors (Lipinski definition) is 6. The molecule has 1 N–H and O–H groups in total. The summed E-state index contributed by atoms with van der Waals surface area (Å²) in [7, 11) is 0. The van der Waals surface area contributed by atoms with Gasteiger partial charge in [0, 0.05) is 40.9 Å². The van der Waals surface area contributed by atoms with Crippen LogP contribution in [0.5, 0.6) is 0 Å². The van der Waals surface area contributed by atoms with Gasteiger partial charge in [0.05, 0.1) is 6.10 Å². The Labute approximate surface area is 218 Å². The number of halogens is 2. The Hall–Kier alpha value is -1.47. The zero-order valence-electron chi connectivity index (χ0n) is 22.1. The molecule has 6 nitrogen and oxygen atoms in total. The van der Waals surface area contributed by atoms with Crippen molar-refractivity contribution in [3.8, 4) is 0 Å². The van der Waals surface area contributed by atoms with E-state index in [1.807, 2.05) is 20.8 Å². The summed E-state index contributed by atoms with van der Waals surface area (Å²) in [5.41, 5.74) is -4.55.